The lowest BCUT2D eigenvalue weighted by molar-refractivity contribution is 0.488. The number of para-hydroxylation sites is 1. The molecule has 0 radical (unpaired) electrons. The highest BCUT2D eigenvalue weighted by Crippen LogP contribution is 2.52. The summed E-state index contributed by atoms with van der Waals surface area (Å²) >= 11 is 0. The Labute approximate surface area is 303 Å². The van der Waals surface area contributed by atoms with Gasteiger partial charge in [-0.3, -0.25) is 0 Å². The van der Waals surface area contributed by atoms with Crippen LogP contribution in [-0.4, -0.2) is 0 Å². The van der Waals surface area contributed by atoms with Crippen LogP contribution in [0.25, 0.3) is 66.1 Å². The van der Waals surface area contributed by atoms with E-state index in [0.29, 0.717) is 0 Å². The Kier molecular flexibility index (Phi) is 7.18. The second-order valence-electron chi connectivity index (χ2n) is 13.3. The van der Waals surface area contributed by atoms with Crippen LogP contribution in [0.15, 0.2) is 200 Å². The van der Waals surface area contributed by atoms with Crippen molar-refractivity contribution in [1.82, 2.24) is 0 Å². The van der Waals surface area contributed by atoms with Crippen molar-refractivity contribution in [2.45, 2.75) is 0 Å². The van der Waals surface area contributed by atoms with Crippen molar-refractivity contribution in [1.29, 1.82) is 0 Å². The molecule has 0 fully saturated rings. The number of rotatable bonds is 5. The quantitative estimate of drug-likeness (QED) is 0.182. The van der Waals surface area contributed by atoms with E-state index in [2.05, 4.69) is 199 Å². The fourth-order valence-corrected chi connectivity index (χ4v) is 7.79. The highest BCUT2D eigenvalue weighted by molar-refractivity contribution is 6.06. The monoisotopic (exact) mass is 663 g/mol. The van der Waals surface area contributed by atoms with Crippen LogP contribution in [0.4, 0.5) is 17.1 Å². The van der Waals surface area contributed by atoms with Crippen molar-refractivity contribution in [3.05, 3.63) is 200 Å². The molecular weight excluding hydrogens is 631 g/mol. The van der Waals surface area contributed by atoms with Gasteiger partial charge in [-0.15, -0.1) is 0 Å². The Balaban J connectivity index is 1.21. The van der Waals surface area contributed by atoms with E-state index in [1.165, 1.54) is 49.4 Å². The van der Waals surface area contributed by atoms with Gasteiger partial charge in [-0.25, -0.2) is 0 Å². The number of nitrogens with zero attached hydrogens (tertiary/aromatic N) is 1. The van der Waals surface area contributed by atoms with E-state index in [0.717, 1.165) is 45.3 Å². The number of hydrogen-bond donors (Lipinski definition) is 0. The zero-order chi connectivity index (χ0) is 34.4. The Morgan fingerprint density at radius 3 is 1.73 bits per heavy atom. The average Bonchev–Trinajstić information content (AvgIpc) is 3.36. The first-order valence-corrected chi connectivity index (χ1v) is 17.8. The van der Waals surface area contributed by atoms with Crippen molar-refractivity contribution in [3.63, 3.8) is 0 Å². The number of benzene rings is 9. The first-order valence-electron chi connectivity index (χ1n) is 17.8. The standard InChI is InChI=1S/C50H33NO/c1-2-12-34(13-3-1)36-24-27-39(28-25-36)51(40-29-26-35-14-4-5-16-38(35)32-40)41-30-31-49-47(33-41)50-45(43-20-10-17-37-15-6-7-18-42(37)43)21-11-22-46(50)44-19-8-9-23-48(44)52-49/h1-33H. The molecular formula is C50H33NO. The minimum absolute atomic E-state index is 0.834. The molecule has 0 saturated carbocycles. The van der Waals surface area contributed by atoms with Crippen LogP contribution in [0, 0.1) is 0 Å². The lowest BCUT2D eigenvalue weighted by Gasteiger charge is -2.27. The maximum atomic E-state index is 6.81. The molecule has 0 aliphatic carbocycles. The molecule has 2 heteroatoms. The SMILES string of the molecule is c1ccc(-c2ccc(N(c3ccc4c(c3)-c3c(cccc3-c3cccc5ccccc35)-c3ccccc3O4)c3ccc4ccccc4c3)cc2)cc1. The Hall–Kier alpha value is -6.90. The number of anilines is 3. The van der Waals surface area contributed by atoms with Crippen LogP contribution in [-0.2, 0) is 0 Å². The summed E-state index contributed by atoms with van der Waals surface area (Å²) in [6, 6.07) is 71.7. The second-order valence-corrected chi connectivity index (χ2v) is 13.3. The molecule has 0 amide bonds. The largest absolute Gasteiger partial charge is 0.456 e. The smallest absolute Gasteiger partial charge is 0.135 e. The van der Waals surface area contributed by atoms with Crippen LogP contribution < -0.4 is 9.64 Å². The van der Waals surface area contributed by atoms with Crippen LogP contribution in [0.2, 0.25) is 0 Å². The molecule has 10 rings (SSSR count). The van der Waals surface area contributed by atoms with Crippen molar-refractivity contribution >= 4 is 38.6 Å². The summed E-state index contributed by atoms with van der Waals surface area (Å²) in [6.45, 7) is 0. The lowest BCUT2D eigenvalue weighted by atomic mass is 9.86. The zero-order valence-electron chi connectivity index (χ0n) is 28.4. The predicted molar refractivity (Wildman–Crippen MR) is 218 cm³/mol. The summed E-state index contributed by atoms with van der Waals surface area (Å²) in [6.07, 6.45) is 0. The van der Waals surface area contributed by atoms with Gasteiger partial charge in [0.2, 0.25) is 0 Å². The molecule has 2 nitrogen and oxygen atoms in total. The van der Waals surface area contributed by atoms with Gasteiger partial charge in [-0.2, -0.15) is 0 Å². The molecule has 1 aliphatic rings. The van der Waals surface area contributed by atoms with E-state index < -0.39 is 0 Å². The molecule has 52 heavy (non-hydrogen) atoms. The van der Waals surface area contributed by atoms with Gasteiger partial charge in [0.1, 0.15) is 11.5 Å². The van der Waals surface area contributed by atoms with Gasteiger partial charge >= 0.3 is 0 Å². The fraction of sp³-hybridized carbons (Fsp3) is 0. The molecule has 0 saturated heterocycles. The lowest BCUT2D eigenvalue weighted by Crippen LogP contribution is -2.10. The minimum atomic E-state index is 0.834. The third-order valence-electron chi connectivity index (χ3n) is 10.3. The third kappa shape index (κ3) is 5.12. The van der Waals surface area contributed by atoms with Crippen molar-refractivity contribution < 1.29 is 4.74 Å². The van der Waals surface area contributed by atoms with Crippen molar-refractivity contribution in [2.24, 2.45) is 0 Å². The van der Waals surface area contributed by atoms with E-state index in [1.807, 2.05) is 6.07 Å². The first kappa shape index (κ1) is 30.0. The maximum absolute atomic E-state index is 6.81. The number of hydrogen-bond acceptors (Lipinski definition) is 2. The van der Waals surface area contributed by atoms with E-state index in [4.69, 9.17) is 4.74 Å². The summed E-state index contributed by atoms with van der Waals surface area (Å²) in [4.78, 5) is 2.36. The van der Waals surface area contributed by atoms with Gasteiger partial charge < -0.3 is 9.64 Å². The molecule has 0 spiro atoms. The third-order valence-corrected chi connectivity index (χ3v) is 10.3. The Morgan fingerprint density at radius 1 is 0.308 bits per heavy atom. The summed E-state index contributed by atoms with van der Waals surface area (Å²) in [5.74, 6) is 1.69. The van der Waals surface area contributed by atoms with E-state index in [9.17, 15) is 0 Å². The Bertz CT molecular complexity index is 2760. The van der Waals surface area contributed by atoms with Gasteiger partial charge in [0.15, 0.2) is 0 Å². The molecule has 244 valence electrons. The first-order chi connectivity index (χ1) is 25.8. The summed E-state index contributed by atoms with van der Waals surface area (Å²) < 4.78 is 6.81. The summed E-state index contributed by atoms with van der Waals surface area (Å²) in [7, 11) is 0. The van der Waals surface area contributed by atoms with Gasteiger partial charge in [-0.05, 0) is 97.9 Å². The van der Waals surface area contributed by atoms with Crippen molar-refractivity contribution in [2.75, 3.05) is 4.90 Å². The maximum Gasteiger partial charge on any atom is 0.135 e. The predicted octanol–water partition coefficient (Wildman–Crippen LogP) is 14.2. The molecule has 0 aromatic heterocycles. The van der Waals surface area contributed by atoms with Gasteiger partial charge in [-0.1, -0.05) is 152 Å². The normalized spacial score (nSPS) is 11.6. The van der Waals surface area contributed by atoms with Crippen LogP contribution in [0.5, 0.6) is 11.5 Å². The van der Waals surface area contributed by atoms with E-state index in [1.54, 1.807) is 0 Å². The van der Waals surface area contributed by atoms with Gasteiger partial charge in [0.05, 0.1) is 0 Å². The molecule has 0 N–H and O–H groups in total. The zero-order valence-corrected chi connectivity index (χ0v) is 28.4. The average molecular weight is 664 g/mol. The highest BCUT2D eigenvalue weighted by atomic mass is 16.5. The molecule has 1 aliphatic heterocycles. The summed E-state index contributed by atoms with van der Waals surface area (Å²) in [5, 5.41) is 4.86. The molecule has 9 aromatic rings. The van der Waals surface area contributed by atoms with Crippen LogP contribution in [0.1, 0.15) is 0 Å². The highest BCUT2D eigenvalue weighted by Gasteiger charge is 2.26. The molecule has 0 atom stereocenters. The van der Waals surface area contributed by atoms with E-state index >= 15 is 0 Å². The van der Waals surface area contributed by atoms with Gasteiger partial charge in [0.25, 0.3) is 0 Å². The number of ether oxygens (including phenoxy) is 1. The topological polar surface area (TPSA) is 12.5 Å². The Morgan fingerprint density at radius 2 is 0.865 bits per heavy atom. The summed E-state index contributed by atoms with van der Waals surface area (Å²) in [5.41, 5.74) is 12.4. The molecule has 1 heterocycles. The van der Waals surface area contributed by atoms with E-state index in [-0.39, 0.29) is 0 Å². The van der Waals surface area contributed by atoms with Crippen LogP contribution in [0.3, 0.4) is 0 Å². The molecule has 9 aromatic carbocycles. The number of fused-ring (bicyclic) bond motifs is 7. The molecule has 0 unspecified atom stereocenters. The fourth-order valence-electron chi connectivity index (χ4n) is 7.79. The van der Waals surface area contributed by atoms with Crippen LogP contribution >= 0.6 is 0 Å². The van der Waals surface area contributed by atoms with Gasteiger partial charge in [0, 0.05) is 33.8 Å². The minimum Gasteiger partial charge on any atom is -0.456 e. The molecule has 0 bridgehead atoms. The van der Waals surface area contributed by atoms with Crippen molar-refractivity contribution in [3.8, 4) is 56.0 Å². The second kappa shape index (κ2) is 12.5.